The summed E-state index contributed by atoms with van der Waals surface area (Å²) in [6, 6.07) is 5.29. The summed E-state index contributed by atoms with van der Waals surface area (Å²) in [5.41, 5.74) is 4.41. The molecule has 0 atom stereocenters. The quantitative estimate of drug-likeness (QED) is 0.139. The van der Waals surface area contributed by atoms with E-state index in [2.05, 4.69) is 113 Å². The van der Waals surface area contributed by atoms with Crippen LogP contribution in [0.3, 0.4) is 0 Å². The highest BCUT2D eigenvalue weighted by Crippen LogP contribution is 2.27. The molecular formula is C28H31Br2IN8O2. The minimum absolute atomic E-state index is 0.305. The molecule has 4 heterocycles. The number of imidazole rings is 2. The smallest absolute Gasteiger partial charge is 0.335 e. The molecule has 216 valence electrons. The number of anilines is 2. The molecule has 41 heavy (non-hydrogen) atoms. The number of carboxylic acid groups (broad SMARTS) is 1. The largest absolute Gasteiger partial charge is 0.478 e. The molecule has 0 saturated carbocycles. The Hall–Kier alpha value is -2.78. The van der Waals surface area contributed by atoms with Crippen LogP contribution < -0.4 is 10.6 Å². The Morgan fingerprint density at radius 1 is 0.927 bits per heavy atom. The van der Waals surface area contributed by atoms with Gasteiger partial charge in [0.1, 0.15) is 12.9 Å². The van der Waals surface area contributed by atoms with Crippen LogP contribution in [0.5, 0.6) is 0 Å². The number of aromatic nitrogens is 6. The van der Waals surface area contributed by atoms with E-state index >= 15 is 0 Å². The van der Waals surface area contributed by atoms with Gasteiger partial charge in [0.25, 0.3) is 0 Å². The van der Waals surface area contributed by atoms with E-state index in [0.717, 1.165) is 49.8 Å². The lowest BCUT2D eigenvalue weighted by Gasteiger charge is -2.11. The third-order valence-corrected chi connectivity index (χ3v) is 7.55. The summed E-state index contributed by atoms with van der Waals surface area (Å²) in [7, 11) is 0. The highest BCUT2D eigenvalue weighted by Gasteiger charge is 2.15. The van der Waals surface area contributed by atoms with Gasteiger partial charge in [-0.1, -0.05) is 33.8 Å². The lowest BCUT2D eigenvalue weighted by molar-refractivity contribution is 0.0696. The Labute approximate surface area is 268 Å². The summed E-state index contributed by atoms with van der Waals surface area (Å²) in [5, 5.41) is 15.8. The molecule has 4 aromatic heterocycles. The SMILES string of the molecule is CC(C)CNc1nc(Br)cn2c(I)cnc12.Cc1cc(-c2cnc3c(NCC(C)C)nc(Br)cn23)ccc1C(=O)O. The molecule has 0 aliphatic carbocycles. The van der Waals surface area contributed by atoms with Gasteiger partial charge in [-0.05, 0) is 90.9 Å². The molecule has 10 nitrogen and oxygen atoms in total. The summed E-state index contributed by atoms with van der Waals surface area (Å²) >= 11 is 9.11. The number of hydrogen-bond acceptors (Lipinski definition) is 7. The van der Waals surface area contributed by atoms with Crippen molar-refractivity contribution in [3.8, 4) is 11.3 Å². The number of carbonyl (C=O) groups is 1. The fourth-order valence-electron chi connectivity index (χ4n) is 4.00. The maximum atomic E-state index is 11.2. The van der Waals surface area contributed by atoms with Crippen LogP contribution in [0.15, 0.2) is 52.2 Å². The number of nitrogens with one attached hydrogen (secondary N) is 2. The Bertz CT molecular complexity index is 1700. The highest BCUT2D eigenvalue weighted by atomic mass is 127. The topological polar surface area (TPSA) is 122 Å². The molecule has 13 heteroatoms. The van der Waals surface area contributed by atoms with E-state index < -0.39 is 5.97 Å². The number of aromatic carboxylic acids is 1. The number of nitrogens with zero attached hydrogens (tertiary/aromatic N) is 6. The molecule has 0 radical (unpaired) electrons. The van der Waals surface area contributed by atoms with Crippen molar-refractivity contribution in [3.63, 3.8) is 0 Å². The first kappa shape index (κ1) is 31.2. The minimum atomic E-state index is -0.922. The molecule has 0 aliphatic heterocycles. The number of carboxylic acids is 1. The molecule has 0 amide bonds. The van der Waals surface area contributed by atoms with Gasteiger partial charge in [-0.25, -0.2) is 24.7 Å². The molecule has 5 aromatic rings. The second kappa shape index (κ2) is 13.5. The van der Waals surface area contributed by atoms with Crippen molar-refractivity contribution >= 4 is 83.4 Å². The number of fused-ring (bicyclic) bond motifs is 2. The van der Waals surface area contributed by atoms with Crippen molar-refractivity contribution in [1.29, 1.82) is 0 Å². The summed E-state index contributed by atoms with van der Waals surface area (Å²) < 4.78 is 6.55. The van der Waals surface area contributed by atoms with Crippen molar-refractivity contribution in [2.24, 2.45) is 11.8 Å². The number of halogens is 3. The van der Waals surface area contributed by atoms with Gasteiger partial charge in [0.05, 0.1) is 23.7 Å². The molecule has 0 saturated heterocycles. The second-order valence-corrected chi connectivity index (χ2v) is 13.1. The van der Waals surface area contributed by atoms with E-state index in [-0.39, 0.29) is 0 Å². The van der Waals surface area contributed by atoms with E-state index in [0.29, 0.717) is 33.4 Å². The predicted octanol–water partition coefficient (Wildman–Crippen LogP) is 7.40. The van der Waals surface area contributed by atoms with Crippen LogP contribution >= 0.6 is 54.5 Å². The Kier molecular flexibility index (Phi) is 10.2. The standard InChI is InChI=1S/C18H19BrN4O2.C10H12BrIN4/c1-10(2)7-20-16-17-21-8-14(23(17)9-15(19)22-16)12-4-5-13(18(24)25)11(3)6-12;1-6(2)3-13-9-10-14-4-8(12)16(10)5-7(11)15-9/h4-6,8-10H,7H2,1-3H3,(H,20,22)(H,24,25);4-6H,3H2,1-2H3,(H,13,15). The van der Waals surface area contributed by atoms with E-state index in [1.165, 1.54) is 0 Å². The molecule has 0 bridgehead atoms. The van der Waals surface area contributed by atoms with Crippen molar-refractivity contribution in [3.05, 3.63) is 67.0 Å². The number of aryl methyl sites for hydroxylation is 1. The molecule has 3 N–H and O–H groups in total. The fourth-order valence-corrected chi connectivity index (χ4v) is 5.28. The minimum Gasteiger partial charge on any atom is -0.478 e. The number of hydrogen-bond donors (Lipinski definition) is 3. The lowest BCUT2D eigenvalue weighted by Crippen LogP contribution is -2.10. The zero-order valence-electron chi connectivity index (χ0n) is 23.3. The molecule has 5 rings (SSSR count). The molecule has 0 spiro atoms. The fraction of sp³-hybridized carbons (Fsp3) is 0.321. The van der Waals surface area contributed by atoms with Crippen molar-refractivity contribution in [2.45, 2.75) is 34.6 Å². The van der Waals surface area contributed by atoms with Crippen LogP contribution in [-0.2, 0) is 0 Å². The zero-order valence-corrected chi connectivity index (χ0v) is 28.6. The maximum Gasteiger partial charge on any atom is 0.335 e. The predicted molar refractivity (Wildman–Crippen MR) is 178 cm³/mol. The number of rotatable bonds is 8. The van der Waals surface area contributed by atoms with Crippen LogP contribution in [0.4, 0.5) is 11.6 Å². The Balaban J connectivity index is 0.000000208. The first-order chi connectivity index (χ1) is 19.4. The van der Waals surface area contributed by atoms with E-state index in [1.54, 1.807) is 25.3 Å². The zero-order chi connectivity index (χ0) is 29.8. The molecule has 1 aromatic carbocycles. The molecule has 0 unspecified atom stereocenters. The first-order valence-electron chi connectivity index (χ1n) is 13.0. The Morgan fingerprint density at radius 2 is 1.46 bits per heavy atom. The number of benzene rings is 1. The van der Waals surface area contributed by atoms with Crippen molar-refractivity contribution < 1.29 is 9.90 Å². The van der Waals surface area contributed by atoms with Gasteiger partial charge < -0.3 is 15.7 Å². The van der Waals surface area contributed by atoms with Crippen LogP contribution in [0, 0.1) is 22.5 Å². The average molecular weight is 798 g/mol. The third-order valence-electron chi connectivity index (χ3n) is 5.99. The molecule has 0 fully saturated rings. The van der Waals surface area contributed by atoms with Crippen LogP contribution in [0.2, 0.25) is 0 Å². The maximum absolute atomic E-state index is 11.2. The van der Waals surface area contributed by atoms with Gasteiger partial charge in [0.15, 0.2) is 22.9 Å². The van der Waals surface area contributed by atoms with Gasteiger partial charge in [-0.3, -0.25) is 8.80 Å². The van der Waals surface area contributed by atoms with Gasteiger partial charge in [-0.2, -0.15) is 0 Å². The molecule has 0 aliphatic rings. The third kappa shape index (κ3) is 7.55. The van der Waals surface area contributed by atoms with E-state index in [9.17, 15) is 9.90 Å². The van der Waals surface area contributed by atoms with Crippen LogP contribution in [-0.4, -0.2) is 52.9 Å². The van der Waals surface area contributed by atoms with E-state index in [4.69, 9.17) is 0 Å². The normalized spacial score (nSPS) is 11.3. The summed E-state index contributed by atoms with van der Waals surface area (Å²) in [6.45, 7) is 12.1. The molecular weight excluding hydrogens is 767 g/mol. The Morgan fingerprint density at radius 3 is 2.00 bits per heavy atom. The van der Waals surface area contributed by atoms with Gasteiger partial charge in [-0.15, -0.1) is 0 Å². The highest BCUT2D eigenvalue weighted by molar-refractivity contribution is 14.1. The van der Waals surface area contributed by atoms with Gasteiger partial charge in [0, 0.05) is 31.0 Å². The van der Waals surface area contributed by atoms with Gasteiger partial charge >= 0.3 is 5.97 Å². The second-order valence-electron chi connectivity index (χ2n) is 10.3. The first-order valence-corrected chi connectivity index (χ1v) is 15.7. The van der Waals surface area contributed by atoms with Gasteiger partial charge in [0.2, 0.25) is 0 Å². The lowest BCUT2D eigenvalue weighted by atomic mass is 10.0. The van der Waals surface area contributed by atoms with Crippen molar-refractivity contribution in [1.82, 2.24) is 28.7 Å². The van der Waals surface area contributed by atoms with Crippen molar-refractivity contribution in [2.75, 3.05) is 23.7 Å². The summed E-state index contributed by atoms with van der Waals surface area (Å²) in [4.78, 5) is 28.9. The summed E-state index contributed by atoms with van der Waals surface area (Å²) in [6.07, 6.45) is 7.40. The van der Waals surface area contributed by atoms with E-state index in [1.807, 2.05) is 33.5 Å². The monoisotopic (exact) mass is 796 g/mol. The van der Waals surface area contributed by atoms with Crippen LogP contribution in [0.1, 0.15) is 43.6 Å². The van der Waals surface area contributed by atoms with Crippen LogP contribution in [0.25, 0.3) is 22.6 Å². The average Bonchev–Trinajstić information content (AvgIpc) is 3.49. The summed E-state index contributed by atoms with van der Waals surface area (Å²) in [5.74, 6) is 1.69.